The molecule has 1 unspecified atom stereocenters. The molecule has 0 aliphatic heterocycles. The van der Waals surface area contributed by atoms with Crippen molar-refractivity contribution in [2.24, 2.45) is 0 Å². The summed E-state index contributed by atoms with van der Waals surface area (Å²) in [6.07, 6.45) is 1.67. The topological polar surface area (TPSA) is 25.6 Å². The van der Waals surface area contributed by atoms with Gasteiger partial charge in [-0.1, -0.05) is 6.07 Å². The zero-order chi connectivity index (χ0) is 13.7. The third kappa shape index (κ3) is 3.83. The van der Waals surface area contributed by atoms with E-state index in [2.05, 4.69) is 11.8 Å². The van der Waals surface area contributed by atoms with Crippen LogP contribution in [0.5, 0.6) is 5.75 Å². The summed E-state index contributed by atoms with van der Waals surface area (Å²) < 4.78 is 23.8. The van der Waals surface area contributed by atoms with Gasteiger partial charge >= 0.3 is 0 Å². The van der Waals surface area contributed by atoms with Crippen LogP contribution in [0.15, 0.2) is 47.1 Å². The Kier molecular flexibility index (Phi) is 4.58. The second kappa shape index (κ2) is 6.38. The van der Waals surface area contributed by atoms with Gasteiger partial charge in [-0.25, -0.2) is 4.39 Å². The number of hydrogen-bond donors (Lipinski definition) is 0. The highest BCUT2D eigenvalue weighted by Crippen LogP contribution is 2.18. The van der Waals surface area contributed by atoms with Crippen molar-refractivity contribution in [1.82, 2.24) is 4.90 Å². The van der Waals surface area contributed by atoms with Gasteiger partial charge in [0.25, 0.3) is 0 Å². The van der Waals surface area contributed by atoms with Crippen LogP contribution in [0.25, 0.3) is 0 Å². The Morgan fingerprint density at radius 1 is 1.32 bits per heavy atom. The number of rotatable bonds is 6. The Labute approximate surface area is 112 Å². The molecular formula is C15H18FNO2. The molecule has 0 fully saturated rings. The van der Waals surface area contributed by atoms with E-state index in [0.29, 0.717) is 12.4 Å². The van der Waals surface area contributed by atoms with Crippen molar-refractivity contribution in [2.45, 2.75) is 13.0 Å². The van der Waals surface area contributed by atoms with Crippen LogP contribution in [-0.2, 0) is 0 Å². The number of hydrogen-bond acceptors (Lipinski definition) is 3. The maximum Gasteiger partial charge on any atom is 0.126 e. The minimum Gasteiger partial charge on any atom is -0.492 e. The molecule has 0 amide bonds. The van der Waals surface area contributed by atoms with Crippen molar-refractivity contribution in [3.05, 3.63) is 54.2 Å². The second-order valence-electron chi connectivity index (χ2n) is 4.48. The molecule has 1 aromatic carbocycles. The summed E-state index contributed by atoms with van der Waals surface area (Å²) in [5.41, 5.74) is 0. The smallest absolute Gasteiger partial charge is 0.126 e. The Morgan fingerprint density at radius 2 is 2.16 bits per heavy atom. The molecule has 102 valence electrons. The summed E-state index contributed by atoms with van der Waals surface area (Å²) >= 11 is 0. The molecule has 3 nitrogen and oxygen atoms in total. The van der Waals surface area contributed by atoms with Crippen molar-refractivity contribution in [3.63, 3.8) is 0 Å². The van der Waals surface area contributed by atoms with E-state index in [1.807, 2.05) is 19.2 Å². The molecule has 1 aromatic heterocycles. The van der Waals surface area contributed by atoms with Gasteiger partial charge in [0.1, 0.15) is 23.9 Å². The van der Waals surface area contributed by atoms with E-state index in [-0.39, 0.29) is 11.9 Å². The molecular weight excluding hydrogens is 245 g/mol. The van der Waals surface area contributed by atoms with Gasteiger partial charge < -0.3 is 9.15 Å². The zero-order valence-electron chi connectivity index (χ0n) is 11.2. The average Bonchev–Trinajstić information content (AvgIpc) is 2.91. The average molecular weight is 263 g/mol. The van der Waals surface area contributed by atoms with E-state index in [1.54, 1.807) is 18.4 Å². The van der Waals surface area contributed by atoms with Crippen LogP contribution in [0.3, 0.4) is 0 Å². The van der Waals surface area contributed by atoms with Gasteiger partial charge in [0.2, 0.25) is 0 Å². The van der Waals surface area contributed by atoms with Crippen LogP contribution in [0.4, 0.5) is 4.39 Å². The van der Waals surface area contributed by atoms with Gasteiger partial charge in [-0.2, -0.15) is 0 Å². The number of halogens is 1. The quantitative estimate of drug-likeness (QED) is 0.797. The van der Waals surface area contributed by atoms with Crippen LogP contribution in [0, 0.1) is 5.82 Å². The standard InChI is InChI=1S/C15H18FNO2/c1-12(15-7-4-9-19-15)17(2)8-10-18-14-6-3-5-13(16)11-14/h3-7,9,11-12H,8,10H2,1-2H3. The maximum absolute atomic E-state index is 13.0. The van der Waals surface area contributed by atoms with Crippen molar-refractivity contribution in [1.29, 1.82) is 0 Å². The fourth-order valence-corrected chi connectivity index (χ4v) is 1.80. The molecule has 1 atom stereocenters. The predicted molar refractivity (Wildman–Crippen MR) is 71.6 cm³/mol. The first-order valence-corrected chi connectivity index (χ1v) is 6.29. The first kappa shape index (κ1) is 13.6. The largest absolute Gasteiger partial charge is 0.492 e. The zero-order valence-corrected chi connectivity index (χ0v) is 11.2. The Morgan fingerprint density at radius 3 is 2.84 bits per heavy atom. The van der Waals surface area contributed by atoms with Gasteiger partial charge in [0.15, 0.2) is 0 Å². The Bertz CT molecular complexity index is 499. The lowest BCUT2D eigenvalue weighted by Crippen LogP contribution is -2.27. The van der Waals surface area contributed by atoms with Crippen LogP contribution in [0.1, 0.15) is 18.7 Å². The van der Waals surface area contributed by atoms with E-state index in [9.17, 15) is 4.39 Å². The molecule has 0 bridgehead atoms. The summed E-state index contributed by atoms with van der Waals surface area (Å²) in [5.74, 6) is 1.20. The van der Waals surface area contributed by atoms with E-state index in [0.717, 1.165) is 12.3 Å². The monoisotopic (exact) mass is 263 g/mol. The second-order valence-corrected chi connectivity index (χ2v) is 4.48. The third-order valence-corrected chi connectivity index (χ3v) is 3.12. The summed E-state index contributed by atoms with van der Waals surface area (Å²) in [5, 5.41) is 0. The molecule has 2 rings (SSSR count). The first-order chi connectivity index (χ1) is 9.16. The first-order valence-electron chi connectivity index (χ1n) is 6.29. The van der Waals surface area contributed by atoms with Crippen LogP contribution in [0.2, 0.25) is 0 Å². The number of nitrogens with zero attached hydrogens (tertiary/aromatic N) is 1. The highest BCUT2D eigenvalue weighted by atomic mass is 19.1. The molecule has 4 heteroatoms. The molecule has 0 spiro atoms. The molecule has 19 heavy (non-hydrogen) atoms. The number of benzene rings is 1. The van der Waals surface area contributed by atoms with Gasteiger partial charge in [0.05, 0.1) is 12.3 Å². The molecule has 0 radical (unpaired) electrons. The van der Waals surface area contributed by atoms with E-state index in [4.69, 9.17) is 9.15 Å². The minimum atomic E-state index is -0.283. The molecule has 0 aliphatic rings. The number of furan rings is 1. The fourth-order valence-electron chi connectivity index (χ4n) is 1.80. The molecule has 0 N–H and O–H groups in total. The van der Waals surface area contributed by atoms with Crippen LogP contribution in [-0.4, -0.2) is 25.1 Å². The van der Waals surface area contributed by atoms with Crippen LogP contribution >= 0.6 is 0 Å². The Balaban J connectivity index is 1.79. The van der Waals surface area contributed by atoms with Crippen molar-refractivity contribution in [2.75, 3.05) is 20.2 Å². The van der Waals surface area contributed by atoms with Gasteiger partial charge in [-0.05, 0) is 38.2 Å². The van der Waals surface area contributed by atoms with E-state index >= 15 is 0 Å². The summed E-state index contributed by atoms with van der Waals surface area (Å²) in [6.45, 7) is 3.31. The van der Waals surface area contributed by atoms with Crippen molar-refractivity contribution >= 4 is 0 Å². The SMILES string of the molecule is CC(c1ccco1)N(C)CCOc1cccc(F)c1. The fraction of sp³-hybridized carbons (Fsp3) is 0.333. The lowest BCUT2D eigenvalue weighted by atomic mass is 10.2. The molecule has 0 saturated heterocycles. The van der Waals surface area contributed by atoms with Crippen LogP contribution < -0.4 is 4.74 Å². The molecule has 2 aromatic rings. The highest BCUT2D eigenvalue weighted by Gasteiger charge is 2.13. The summed E-state index contributed by atoms with van der Waals surface area (Å²) in [7, 11) is 2.00. The number of ether oxygens (including phenoxy) is 1. The number of likely N-dealkylation sites (N-methyl/N-ethyl adjacent to an activating group) is 1. The summed E-state index contributed by atoms with van der Waals surface area (Å²) in [4.78, 5) is 2.12. The third-order valence-electron chi connectivity index (χ3n) is 3.12. The summed E-state index contributed by atoms with van der Waals surface area (Å²) in [6, 6.07) is 10.2. The van der Waals surface area contributed by atoms with E-state index in [1.165, 1.54) is 12.1 Å². The highest BCUT2D eigenvalue weighted by molar-refractivity contribution is 5.22. The van der Waals surface area contributed by atoms with Gasteiger partial charge in [-0.3, -0.25) is 4.90 Å². The molecule has 0 saturated carbocycles. The molecule has 1 heterocycles. The predicted octanol–water partition coefficient (Wildman–Crippen LogP) is 3.49. The lowest BCUT2D eigenvalue weighted by Gasteiger charge is -2.22. The maximum atomic E-state index is 13.0. The molecule has 0 aliphatic carbocycles. The minimum absolute atomic E-state index is 0.186. The normalized spacial score (nSPS) is 12.6. The van der Waals surface area contributed by atoms with Gasteiger partial charge in [-0.15, -0.1) is 0 Å². The Hall–Kier alpha value is -1.81. The van der Waals surface area contributed by atoms with Crippen molar-refractivity contribution in [3.8, 4) is 5.75 Å². The van der Waals surface area contributed by atoms with Gasteiger partial charge in [0, 0.05) is 12.6 Å². The van der Waals surface area contributed by atoms with E-state index < -0.39 is 0 Å². The lowest BCUT2D eigenvalue weighted by molar-refractivity contribution is 0.185. The van der Waals surface area contributed by atoms with Crippen molar-refractivity contribution < 1.29 is 13.5 Å².